The molecule has 3 aromatic rings. The second kappa shape index (κ2) is 7.49. The highest BCUT2D eigenvalue weighted by Gasteiger charge is 2.25. The van der Waals surface area contributed by atoms with Crippen molar-refractivity contribution in [1.82, 2.24) is 14.9 Å². The number of carbonyl (C=O) groups is 1. The Morgan fingerprint density at radius 1 is 1.19 bits per heavy atom. The van der Waals surface area contributed by atoms with Crippen molar-refractivity contribution in [1.29, 1.82) is 0 Å². The minimum absolute atomic E-state index is 0.0857. The molecule has 26 heavy (non-hydrogen) atoms. The molecule has 3 aromatic heterocycles. The summed E-state index contributed by atoms with van der Waals surface area (Å²) in [5.74, 6) is 0.286. The van der Waals surface area contributed by atoms with Crippen LogP contribution in [0, 0.1) is 0 Å². The number of hydrogen-bond donors (Lipinski definition) is 0. The lowest BCUT2D eigenvalue weighted by atomic mass is 9.97. The van der Waals surface area contributed by atoms with E-state index in [1.165, 1.54) is 11.8 Å². The highest BCUT2D eigenvalue weighted by molar-refractivity contribution is 5.91. The molecule has 0 saturated heterocycles. The van der Waals surface area contributed by atoms with Gasteiger partial charge in [-0.25, -0.2) is 0 Å². The predicted octanol–water partition coefficient (Wildman–Crippen LogP) is 2.98. The van der Waals surface area contributed by atoms with Crippen LogP contribution in [0.4, 0.5) is 0 Å². The Morgan fingerprint density at radius 3 is 2.96 bits per heavy atom. The van der Waals surface area contributed by atoms with Gasteiger partial charge in [-0.05, 0) is 47.4 Å². The Morgan fingerprint density at radius 2 is 2.15 bits per heavy atom. The number of nitrogens with zero attached hydrogens (tertiary/aromatic N) is 3. The van der Waals surface area contributed by atoms with Crippen molar-refractivity contribution in [2.24, 2.45) is 0 Å². The quantitative estimate of drug-likeness (QED) is 0.708. The lowest BCUT2D eigenvalue weighted by molar-refractivity contribution is 0.0699. The Hall–Kier alpha value is -2.99. The van der Waals surface area contributed by atoms with Gasteiger partial charge in [-0.15, -0.1) is 0 Å². The molecule has 0 bridgehead atoms. The Kier molecular flexibility index (Phi) is 4.75. The van der Waals surface area contributed by atoms with Crippen LogP contribution in [0.3, 0.4) is 0 Å². The second-order valence-electron chi connectivity index (χ2n) is 6.20. The molecule has 0 atom stereocenters. The van der Waals surface area contributed by atoms with Crippen molar-refractivity contribution in [3.05, 3.63) is 83.3 Å². The van der Waals surface area contributed by atoms with Crippen LogP contribution in [0.1, 0.15) is 32.9 Å². The van der Waals surface area contributed by atoms with Crippen LogP contribution in [0.15, 0.2) is 59.6 Å². The van der Waals surface area contributed by atoms with Gasteiger partial charge in [0.1, 0.15) is 0 Å². The summed E-state index contributed by atoms with van der Waals surface area (Å²) in [6, 6.07) is 9.19. The minimum atomic E-state index is -0.0857. The molecule has 4 rings (SSSR count). The van der Waals surface area contributed by atoms with E-state index in [9.17, 15) is 4.79 Å². The minimum Gasteiger partial charge on any atom is -0.459 e. The molecule has 0 aromatic carbocycles. The zero-order valence-electron chi connectivity index (χ0n) is 14.3. The highest BCUT2D eigenvalue weighted by atomic mass is 16.5. The van der Waals surface area contributed by atoms with Gasteiger partial charge in [0.15, 0.2) is 5.76 Å². The number of rotatable bonds is 5. The van der Waals surface area contributed by atoms with Gasteiger partial charge in [0, 0.05) is 31.7 Å². The number of furan rings is 1. The topological polar surface area (TPSA) is 68.5 Å². The first-order valence-electron chi connectivity index (χ1n) is 8.56. The van der Waals surface area contributed by atoms with Crippen molar-refractivity contribution in [2.75, 3.05) is 6.54 Å². The summed E-state index contributed by atoms with van der Waals surface area (Å²) in [4.78, 5) is 22.8. The first-order chi connectivity index (χ1) is 12.8. The molecule has 1 amide bonds. The highest BCUT2D eigenvalue weighted by Crippen LogP contribution is 2.23. The maximum Gasteiger partial charge on any atom is 0.289 e. The SMILES string of the molecule is O=C(c1ccco1)N1CCc2c(COCc3ccccn3)cncc2C1. The van der Waals surface area contributed by atoms with Crippen LogP contribution < -0.4 is 0 Å². The number of carbonyl (C=O) groups excluding carboxylic acids is 1. The molecule has 1 aliphatic rings. The van der Waals surface area contributed by atoms with Crippen LogP contribution in [-0.2, 0) is 30.9 Å². The van der Waals surface area contributed by atoms with Crippen molar-refractivity contribution in [2.45, 2.75) is 26.2 Å². The fourth-order valence-corrected chi connectivity index (χ4v) is 3.17. The van der Waals surface area contributed by atoms with E-state index >= 15 is 0 Å². The third-order valence-electron chi connectivity index (χ3n) is 4.48. The maximum absolute atomic E-state index is 12.5. The molecule has 1 aliphatic heterocycles. The van der Waals surface area contributed by atoms with Crippen molar-refractivity contribution in [3.8, 4) is 0 Å². The van der Waals surface area contributed by atoms with Gasteiger partial charge in [0.05, 0.1) is 25.2 Å². The summed E-state index contributed by atoms with van der Waals surface area (Å²) < 4.78 is 11.0. The van der Waals surface area contributed by atoms with Gasteiger partial charge in [-0.3, -0.25) is 14.8 Å². The molecule has 0 aliphatic carbocycles. The largest absolute Gasteiger partial charge is 0.459 e. The van der Waals surface area contributed by atoms with Crippen LogP contribution in [0.2, 0.25) is 0 Å². The number of hydrogen-bond acceptors (Lipinski definition) is 5. The van der Waals surface area contributed by atoms with Gasteiger partial charge in [0.2, 0.25) is 0 Å². The second-order valence-corrected chi connectivity index (χ2v) is 6.20. The normalized spacial score (nSPS) is 13.5. The van der Waals surface area contributed by atoms with Crippen LogP contribution >= 0.6 is 0 Å². The van der Waals surface area contributed by atoms with Crippen LogP contribution in [0.25, 0.3) is 0 Å². The summed E-state index contributed by atoms with van der Waals surface area (Å²) in [6.07, 6.45) is 7.74. The summed E-state index contributed by atoms with van der Waals surface area (Å²) in [7, 11) is 0. The summed E-state index contributed by atoms with van der Waals surface area (Å²) in [5, 5.41) is 0. The molecule has 4 heterocycles. The van der Waals surface area contributed by atoms with Gasteiger partial charge in [0.25, 0.3) is 5.91 Å². The lowest BCUT2D eigenvalue weighted by Crippen LogP contribution is -2.36. The Balaban J connectivity index is 1.42. The first-order valence-corrected chi connectivity index (χ1v) is 8.56. The van der Waals surface area contributed by atoms with Crippen LogP contribution in [0.5, 0.6) is 0 Å². The zero-order valence-corrected chi connectivity index (χ0v) is 14.3. The van der Waals surface area contributed by atoms with Gasteiger partial charge >= 0.3 is 0 Å². The van der Waals surface area contributed by atoms with Crippen molar-refractivity contribution >= 4 is 5.91 Å². The number of aromatic nitrogens is 2. The molecule has 0 N–H and O–H groups in total. The van der Waals surface area contributed by atoms with E-state index < -0.39 is 0 Å². The molecular formula is C20H19N3O3. The number of pyridine rings is 2. The molecule has 6 nitrogen and oxygen atoms in total. The molecular weight excluding hydrogens is 330 g/mol. The fraction of sp³-hybridized carbons (Fsp3) is 0.250. The summed E-state index contributed by atoms with van der Waals surface area (Å²) >= 11 is 0. The third kappa shape index (κ3) is 3.50. The monoisotopic (exact) mass is 349 g/mol. The molecule has 0 radical (unpaired) electrons. The summed E-state index contributed by atoms with van der Waals surface area (Å²) in [5.41, 5.74) is 4.27. The number of ether oxygens (including phenoxy) is 1. The van der Waals surface area contributed by atoms with Gasteiger partial charge in [-0.1, -0.05) is 6.07 Å². The number of amides is 1. The lowest BCUT2D eigenvalue weighted by Gasteiger charge is -2.29. The Labute approximate surface area is 151 Å². The van der Waals surface area contributed by atoms with Crippen molar-refractivity contribution < 1.29 is 13.9 Å². The predicted molar refractivity (Wildman–Crippen MR) is 94.1 cm³/mol. The van der Waals surface area contributed by atoms with E-state index in [1.54, 1.807) is 23.2 Å². The first kappa shape index (κ1) is 16.5. The summed E-state index contributed by atoms with van der Waals surface area (Å²) in [6.45, 7) is 2.15. The third-order valence-corrected chi connectivity index (χ3v) is 4.48. The smallest absolute Gasteiger partial charge is 0.289 e. The zero-order chi connectivity index (χ0) is 17.8. The van der Waals surface area contributed by atoms with E-state index in [0.717, 1.165) is 23.2 Å². The van der Waals surface area contributed by atoms with E-state index in [2.05, 4.69) is 9.97 Å². The van der Waals surface area contributed by atoms with Crippen molar-refractivity contribution in [3.63, 3.8) is 0 Å². The van der Waals surface area contributed by atoms with Gasteiger partial charge in [-0.2, -0.15) is 0 Å². The van der Waals surface area contributed by atoms with E-state index in [4.69, 9.17) is 9.15 Å². The average Bonchev–Trinajstić information content (AvgIpc) is 3.23. The molecule has 132 valence electrons. The van der Waals surface area contributed by atoms with Crippen LogP contribution in [-0.4, -0.2) is 27.3 Å². The van der Waals surface area contributed by atoms with E-state index in [1.807, 2.05) is 30.6 Å². The molecule has 0 saturated carbocycles. The Bertz CT molecular complexity index is 879. The molecule has 6 heteroatoms. The van der Waals surface area contributed by atoms with E-state index in [0.29, 0.717) is 32.1 Å². The fourth-order valence-electron chi connectivity index (χ4n) is 3.17. The standard InChI is InChI=1S/C20H19N3O3/c24-20(19-5-3-9-26-19)23-8-6-18-15(12-23)10-21-11-16(18)13-25-14-17-4-1-2-7-22-17/h1-5,7,9-11H,6,8,12-14H2. The molecule has 0 spiro atoms. The average molecular weight is 349 g/mol. The maximum atomic E-state index is 12.5. The molecule has 0 fully saturated rings. The number of fused-ring (bicyclic) bond motifs is 1. The molecule has 0 unspecified atom stereocenters. The van der Waals surface area contributed by atoms with E-state index in [-0.39, 0.29) is 5.91 Å². The van der Waals surface area contributed by atoms with Gasteiger partial charge < -0.3 is 14.1 Å².